The molecule has 14 heavy (non-hydrogen) atoms. The third-order valence-corrected chi connectivity index (χ3v) is 2.18. The van der Waals surface area contributed by atoms with Gasteiger partial charge in [-0.25, -0.2) is 0 Å². The Morgan fingerprint density at radius 2 is 2.57 bits per heavy atom. The molecule has 1 atom stereocenters. The van der Waals surface area contributed by atoms with Gasteiger partial charge in [0.2, 0.25) is 11.8 Å². The number of carbonyl (C=O) groups excluding carboxylic acids is 1. The summed E-state index contributed by atoms with van der Waals surface area (Å²) in [7, 11) is 0. The predicted octanol–water partition coefficient (Wildman–Crippen LogP) is 1.14. The molecule has 0 saturated carbocycles. The van der Waals surface area contributed by atoms with E-state index in [2.05, 4.69) is 10.5 Å². The van der Waals surface area contributed by atoms with Gasteiger partial charge in [-0.3, -0.25) is 10.1 Å². The van der Waals surface area contributed by atoms with Crippen molar-refractivity contribution >= 4 is 11.8 Å². The Morgan fingerprint density at radius 1 is 1.71 bits per heavy atom. The van der Waals surface area contributed by atoms with Crippen molar-refractivity contribution < 1.29 is 14.1 Å². The Bertz CT molecular complexity index is 329. The first-order valence-corrected chi connectivity index (χ1v) is 4.57. The van der Waals surface area contributed by atoms with E-state index in [0.29, 0.717) is 18.4 Å². The number of amides is 1. The third-order valence-electron chi connectivity index (χ3n) is 2.18. The van der Waals surface area contributed by atoms with Crippen LogP contribution in [0.1, 0.15) is 25.0 Å². The number of hydrogen-bond acceptors (Lipinski definition) is 4. The molecule has 1 aliphatic heterocycles. The molecule has 1 unspecified atom stereocenters. The fourth-order valence-corrected chi connectivity index (χ4v) is 1.48. The molecule has 1 aromatic heterocycles. The van der Waals surface area contributed by atoms with Gasteiger partial charge in [-0.05, 0) is 6.42 Å². The minimum atomic E-state index is -0.157. The van der Waals surface area contributed by atoms with E-state index in [9.17, 15) is 4.79 Å². The van der Waals surface area contributed by atoms with Gasteiger partial charge in [-0.1, -0.05) is 5.16 Å². The molecule has 76 valence electrons. The number of carbonyl (C=O) groups is 1. The normalized spacial score (nSPS) is 21.1. The Labute approximate surface area is 81.4 Å². The molecule has 1 amide bonds. The lowest BCUT2D eigenvalue weighted by atomic mass is 10.1. The maximum Gasteiger partial charge on any atom is 0.231 e. The van der Waals surface area contributed by atoms with Crippen LogP contribution in [0.3, 0.4) is 0 Å². The molecular formula is C9H12N2O3. The molecule has 5 heteroatoms. The van der Waals surface area contributed by atoms with Gasteiger partial charge < -0.3 is 9.26 Å². The fourth-order valence-electron chi connectivity index (χ4n) is 1.48. The molecule has 2 heterocycles. The fraction of sp³-hybridized carbons (Fsp3) is 0.556. The molecular weight excluding hydrogens is 184 g/mol. The zero-order chi connectivity index (χ0) is 9.97. The van der Waals surface area contributed by atoms with E-state index in [1.54, 1.807) is 6.07 Å². The summed E-state index contributed by atoms with van der Waals surface area (Å²) in [5.74, 6) is 0.552. The van der Waals surface area contributed by atoms with Crippen LogP contribution in [-0.4, -0.2) is 24.3 Å². The summed E-state index contributed by atoms with van der Waals surface area (Å²) < 4.78 is 10.2. The first kappa shape index (κ1) is 9.21. The number of rotatable bonds is 2. The van der Waals surface area contributed by atoms with E-state index in [0.717, 1.165) is 18.7 Å². The zero-order valence-electron chi connectivity index (χ0n) is 7.95. The average molecular weight is 196 g/mol. The van der Waals surface area contributed by atoms with Gasteiger partial charge in [0.25, 0.3) is 0 Å². The Kier molecular flexibility index (Phi) is 2.49. The van der Waals surface area contributed by atoms with E-state index in [1.165, 1.54) is 6.92 Å². The van der Waals surface area contributed by atoms with Crippen LogP contribution in [0.25, 0.3) is 0 Å². The Hall–Kier alpha value is -1.36. The molecule has 2 rings (SSSR count). The number of aromatic nitrogens is 1. The second-order valence-electron chi connectivity index (χ2n) is 3.36. The van der Waals surface area contributed by atoms with Gasteiger partial charge >= 0.3 is 0 Å². The largest absolute Gasteiger partial charge is 0.381 e. The Morgan fingerprint density at radius 3 is 3.21 bits per heavy atom. The first-order valence-electron chi connectivity index (χ1n) is 4.57. The molecule has 1 N–H and O–H groups in total. The highest BCUT2D eigenvalue weighted by atomic mass is 16.5. The molecule has 1 aliphatic rings. The van der Waals surface area contributed by atoms with Crippen molar-refractivity contribution in [3.05, 3.63) is 11.8 Å². The summed E-state index contributed by atoms with van der Waals surface area (Å²) in [6.07, 6.45) is 0.964. The summed E-state index contributed by atoms with van der Waals surface area (Å²) in [4.78, 5) is 10.7. The van der Waals surface area contributed by atoms with Crippen molar-refractivity contribution in [2.24, 2.45) is 0 Å². The maximum atomic E-state index is 10.7. The van der Waals surface area contributed by atoms with Crippen LogP contribution in [0.15, 0.2) is 10.6 Å². The number of nitrogens with one attached hydrogen (secondary N) is 1. The zero-order valence-corrected chi connectivity index (χ0v) is 7.95. The molecule has 0 bridgehead atoms. The van der Waals surface area contributed by atoms with Crippen molar-refractivity contribution in [3.8, 4) is 0 Å². The minimum absolute atomic E-state index is 0.157. The topological polar surface area (TPSA) is 64.4 Å². The lowest BCUT2D eigenvalue weighted by molar-refractivity contribution is -0.114. The van der Waals surface area contributed by atoms with Crippen LogP contribution >= 0.6 is 0 Å². The molecule has 5 nitrogen and oxygen atoms in total. The average Bonchev–Trinajstić information content (AvgIpc) is 2.69. The van der Waals surface area contributed by atoms with Gasteiger partial charge in [0, 0.05) is 25.5 Å². The summed E-state index contributed by atoms with van der Waals surface area (Å²) in [6, 6.07) is 1.75. The van der Waals surface area contributed by atoms with Gasteiger partial charge in [0.05, 0.1) is 12.3 Å². The van der Waals surface area contributed by atoms with Gasteiger partial charge in [0.15, 0.2) is 0 Å². The number of nitrogens with zero attached hydrogens (tertiary/aromatic N) is 1. The maximum absolute atomic E-state index is 10.7. The summed E-state index contributed by atoms with van der Waals surface area (Å²) in [5, 5.41) is 6.42. The van der Waals surface area contributed by atoms with E-state index in [1.807, 2.05) is 0 Å². The van der Waals surface area contributed by atoms with Gasteiger partial charge in [-0.2, -0.15) is 0 Å². The SMILES string of the molecule is CC(=O)Nc1cc(C2CCOC2)no1. The summed E-state index contributed by atoms with van der Waals surface area (Å²) in [5.41, 5.74) is 0.853. The van der Waals surface area contributed by atoms with E-state index >= 15 is 0 Å². The molecule has 1 aromatic rings. The molecule has 0 spiro atoms. The minimum Gasteiger partial charge on any atom is -0.381 e. The lowest BCUT2D eigenvalue weighted by Gasteiger charge is -1.98. The predicted molar refractivity (Wildman–Crippen MR) is 49.0 cm³/mol. The Balaban J connectivity index is 2.05. The van der Waals surface area contributed by atoms with Crippen molar-refractivity contribution in [2.75, 3.05) is 18.5 Å². The number of anilines is 1. The molecule has 1 fully saturated rings. The van der Waals surface area contributed by atoms with Crippen molar-refractivity contribution in [3.63, 3.8) is 0 Å². The summed E-state index contributed by atoms with van der Waals surface area (Å²) >= 11 is 0. The monoisotopic (exact) mass is 196 g/mol. The molecule has 0 aliphatic carbocycles. The van der Waals surface area contributed by atoms with Crippen molar-refractivity contribution in [1.82, 2.24) is 5.16 Å². The number of ether oxygens (including phenoxy) is 1. The highest BCUT2D eigenvalue weighted by molar-refractivity contribution is 5.87. The van der Waals surface area contributed by atoms with E-state index in [-0.39, 0.29) is 5.91 Å². The van der Waals surface area contributed by atoms with Crippen molar-refractivity contribution in [1.29, 1.82) is 0 Å². The van der Waals surface area contributed by atoms with Crippen LogP contribution in [0, 0.1) is 0 Å². The molecule has 0 aromatic carbocycles. The standard InChI is InChI=1S/C9H12N2O3/c1-6(12)10-9-4-8(11-14-9)7-2-3-13-5-7/h4,7H,2-3,5H2,1H3,(H,10,12). The molecule has 1 saturated heterocycles. The van der Waals surface area contributed by atoms with Crippen LogP contribution < -0.4 is 5.32 Å². The van der Waals surface area contributed by atoms with Crippen molar-refractivity contribution in [2.45, 2.75) is 19.3 Å². The highest BCUT2D eigenvalue weighted by Gasteiger charge is 2.21. The van der Waals surface area contributed by atoms with Gasteiger partial charge in [0.1, 0.15) is 0 Å². The quantitative estimate of drug-likeness (QED) is 0.770. The van der Waals surface area contributed by atoms with Crippen LogP contribution in [0.5, 0.6) is 0 Å². The summed E-state index contributed by atoms with van der Waals surface area (Å²) in [6.45, 7) is 2.89. The van der Waals surface area contributed by atoms with E-state index in [4.69, 9.17) is 9.26 Å². The lowest BCUT2D eigenvalue weighted by Crippen LogP contribution is -2.04. The van der Waals surface area contributed by atoms with Crippen LogP contribution in [0.2, 0.25) is 0 Å². The van der Waals surface area contributed by atoms with Crippen LogP contribution in [0.4, 0.5) is 5.88 Å². The second kappa shape index (κ2) is 3.79. The second-order valence-corrected chi connectivity index (χ2v) is 3.36. The molecule has 0 radical (unpaired) electrons. The first-order chi connectivity index (χ1) is 6.75. The highest BCUT2D eigenvalue weighted by Crippen LogP contribution is 2.25. The third kappa shape index (κ3) is 1.93. The van der Waals surface area contributed by atoms with Gasteiger partial charge in [-0.15, -0.1) is 0 Å². The number of hydrogen-bond donors (Lipinski definition) is 1. The van der Waals surface area contributed by atoms with Crippen LogP contribution in [-0.2, 0) is 9.53 Å². The smallest absolute Gasteiger partial charge is 0.231 e. The van der Waals surface area contributed by atoms with E-state index < -0.39 is 0 Å².